The Balaban J connectivity index is 0.000000137. The Morgan fingerprint density at radius 3 is 0.858 bits per heavy atom. The van der Waals surface area contributed by atoms with E-state index < -0.39 is 0 Å². The zero-order valence-corrected chi connectivity index (χ0v) is 59.4. The van der Waals surface area contributed by atoms with Crippen LogP contribution in [-0.2, 0) is 10.8 Å². The molecule has 0 spiro atoms. The summed E-state index contributed by atoms with van der Waals surface area (Å²) in [7, 11) is 0. The van der Waals surface area contributed by atoms with Crippen LogP contribution in [0, 0.1) is 0 Å². The molecule has 2 aliphatic carbocycles. The van der Waals surface area contributed by atoms with Crippen LogP contribution in [0.1, 0.15) is 49.9 Å². The van der Waals surface area contributed by atoms with Crippen molar-refractivity contribution in [2.24, 2.45) is 0 Å². The van der Waals surface area contributed by atoms with Gasteiger partial charge in [0.25, 0.3) is 0 Å². The maximum absolute atomic E-state index is 2.48. The van der Waals surface area contributed by atoms with Crippen LogP contribution >= 0.6 is 0 Å². The Morgan fingerprint density at radius 1 is 0.160 bits per heavy atom. The first kappa shape index (κ1) is 61.4. The molecule has 0 saturated heterocycles. The van der Waals surface area contributed by atoms with E-state index in [0.717, 1.165) is 11.4 Å². The molecule has 0 atom stereocenters. The van der Waals surface area contributed by atoms with Crippen LogP contribution in [0.15, 0.2) is 364 Å². The molecular formula is C102H72N4. The lowest BCUT2D eigenvalue weighted by Gasteiger charge is -2.22. The zero-order valence-electron chi connectivity index (χ0n) is 59.4. The van der Waals surface area contributed by atoms with E-state index in [0.29, 0.717) is 0 Å². The number of aromatic nitrogens is 4. The molecule has 2 aliphatic rings. The largest absolute Gasteiger partial charge is 0.309 e. The predicted octanol–water partition coefficient (Wildman–Crippen LogP) is 27.0. The first-order valence-corrected chi connectivity index (χ1v) is 37.0. The molecule has 0 radical (unpaired) electrons. The highest BCUT2D eigenvalue weighted by Gasteiger charge is 2.37. The van der Waals surface area contributed by atoms with E-state index in [2.05, 4.69) is 410 Å². The van der Waals surface area contributed by atoms with Crippen LogP contribution in [0.3, 0.4) is 0 Å². The van der Waals surface area contributed by atoms with Crippen molar-refractivity contribution in [3.63, 3.8) is 0 Å². The van der Waals surface area contributed by atoms with Crippen molar-refractivity contribution >= 4 is 87.2 Å². The highest BCUT2D eigenvalue weighted by Crippen LogP contribution is 2.52. The normalized spacial score (nSPS) is 13.2. The number of benzene rings is 16. The van der Waals surface area contributed by atoms with Gasteiger partial charge >= 0.3 is 0 Å². The Hall–Kier alpha value is -13.3. The third-order valence-electron chi connectivity index (χ3n) is 23.4. The van der Waals surface area contributed by atoms with E-state index in [4.69, 9.17) is 0 Å². The molecule has 4 aromatic heterocycles. The fraction of sp³-hybridized carbons (Fsp3) is 0.0588. The second-order valence-corrected chi connectivity index (χ2v) is 30.0. The van der Waals surface area contributed by atoms with E-state index in [1.54, 1.807) is 0 Å². The lowest BCUT2D eigenvalue weighted by Crippen LogP contribution is -2.15. The van der Waals surface area contributed by atoms with E-state index in [-0.39, 0.29) is 10.8 Å². The van der Waals surface area contributed by atoms with Crippen LogP contribution in [0.25, 0.3) is 177 Å². The second-order valence-electron chi connectivity index (χ2n) is 30.0. The summed E-state index contributed by atoms with van der Waals surface area (Å²) in [5.41, 5.74) is 35.0. The number of nitrogens with zero attached hydrogens (tertiary/aromatic N) is 4. The van der Waals surface area contributed by atoms with E-state index in [9.17, 15) is 0 Å². The minimum atomic E-state index is -0.0680. The first-order chi connectivity index (χ1) is 52.1. The molecule has 0 N–H and O–H groups in total. The monoisotopic (exact) mass is 1350 g/mol. The maximum atomic E-state index is 2.48. The van der Waals surface area contributed by atoms with Crippen molar-refractivity contribution in [1.82, 2.24) is 18.3 Å². The Labute approximate surface area is 615 Å². The highest BCUT2D eigenvalue weighted by atomic mass is 15.0. The van der Waals surface area contributed by atoms with Crippen LogP contribution in [0.2, 0.25) is 0 Å². The van der Waals surface area contributed by atoms with Gasteiger partial charge in [-0.15, -0.1) is 0 Å². The van der Waals surface area contributed by atoms with Crippen LogP contribution in [-0.4, -0.2) is 18.3 Å². The highest BCUT2D eigenvalue weighted by molar-refractivity contribution is 6.15. The van der Waals surface area contributed by atoms with E-state index >= 15 is 0 Å². The lowest BCUT2D eigenvalue weighted by atomic mass is 9.82. The number of fused-ring (bicyclic) bond motifs is 18. The number of rotatable bonds is 8. The molecule has 4 heterocycles. The molecule has 500 valence electrons. The van der Waals surface area contributed by atoms with Gasteiger partial charge < -0.3 is 18.3 Å². The average Bonchev–Trinajstić information content (AvgIpc) is 1.34. The predicted molar refractivity (Wildman–Crippen MR) is 447 cm³/mol. The van der Waals surface area contributed by atoms with Crippen molar-refractivity contribution < 1.29 is 0 Å². The van der Waals surface area contributed by atoms with E-state index in [1.807, 2.05) is 0 Å². The SMILES string of the molecule is CC1(C)c2ccccc2-c2ccc(-n3c4ccccc4c4cc(-c5ccc6c7ccccc7n(-c7ccc8c(c7)C(C)(C)c7ccccc7-8)c6c5)ccc43)cc21.c1ccc(-c2cccc(-n3c4ccccc4c4cc(-c5ccc6c7ccccc7n(-c7cccc(-c8ccccc8)c7)c6c5)ccc43)c2)cc1. The van der Waals surface area contributed by atoms with Gasteiger partial charge in [-0.25, -0.2) is 0 Å². The Kier molecular flexibility index (Phi) is 13.7. The van der Waals surface area contributed by atoms with Gasteiger partial charge in [-0.3, -0.25) is 0 Å². The maximum Gasteiger partial charge on any atom is 0.0547 e. The van der Waals surface area contributed by atoms with Gasteiger partial charge in [-0.1, -0.05) is 282 Å². The average molecular weight is 1350 g/mol. The Morgan fingerprint density at radius 2 is 0.443 bits per heavy atom. The quantitative estimate of drug-likeness (QED) is 0.144. The molecule has 0 saturated carbocycles. The van der Waals surface area contributed by atoms with Crippen LogP contribution in [0.5, 0.6) is 0 Å². The molecule has 0 aliphatic heterocycles. The second kappa shape index (κ2) is 23.6. The van der Waals surface area contributed by atoms with Gasteiger partial charge in [-0.2, -0.15) is 0 Å². The zero-order chi connectivity index (χ0) is 70.5. The van der Waals surface area contributed by atoms with Crippen molar-refractivity contribution in [2.75, 3.05) is 0 Å². The summed E-state index contributed by atoms with van der Waals surface area (Å²) < 4.78 is 9.76. The molecule has 106 heavy (non-hydrogen) atoms. The molecule has 0 unspecified atom stereocenters. The standard InChI is InChI=1S/C54H40N2.C48H32N2/c1-53(2)45-17-9-5-13-37(45)39-26-23-35(31-47(39)53)55-50-20-12-8-16-42(50)44-29-33(22-28-51(44)55)34-21-25-43-41-15-7-11-19-49(41)56(52(43)30-34)36-24-27-40-38-14-6-10-18-46(38)54(3,4)48(40)32-36;1-3-13-33(14-4-1)35-17-11-19-39(29-35)49-46-24-10-8-22-42(46)44-31-37(26-28-47(44)49)38-25-27-43-41-21-7-9-23-45(41)50(48(43)32-38)40-20-12-18-36(30-40)34-15-5-2-6-16-34/h5-32H,1-4H3;1-32H. The van der Waals surface area contributed by atoms with Crippen molar-refractivity contribution in [2.45, 2.75) is 38.5 Å². The summed E-state index contributed by atoms with van der Waals surface area (Å²) in [5, 5.41) is 10.1. The summed E-state index contributed by atoms with van der Waals surface area (Å²) >= 11 is 0. The van der Waals surface area contributed by atoms with E-state index in [1.165, 1.54) is 188 Å². The summed E-state index contributed by atoms with van der Waals surface area (Å²) in [6, 6.07) is 134. The topological polar surface area (TPSA) is 19.7 Å². The fourth-order valence-electron chi connectivity index (χ4n) is 18.3. The third kappa shape index (κ3) is 9.40. The molecule has 4 heteroatoms. The molecule has 4 nitrogen and oxygen atoms in total. The third-order valence-corrected chi connectivity index (χ3v) is 23.4. The van der Waals surface area contributed by atoms with Crippen LogP contribution < -0.4 is 0 Å². The minimum Gasteiger partial charge on any atom is -0.309 e. The molecular weight excluding hydrogens is 1280 g/mol. The molecule has 22 rings (SSSR count). The first-order valence-electron chi connectivity index (χ1n) is 37.0. The van der Waals surface area contributed by atoms with Gasteiger partial charge in [0.2, 0.25) is 0 Å². The Bertz CT molecular complexity index is 7010. The van der Waals surface area contributed by atoms with Gasteiger partial charge in [-0.05, 0) is 198 Å². The summed E-state index contributed by atoms with van der Waals surface area (Å²) in [6.07, 6.45) is 0. The summed E-state index contributed by atoms with van der Waals surface area (Å²) in [6.45, 7) is 9.45. The fourth-order valence-corrected chi connectivity index (χ4v) is 18.3. The molecule has 16 aromatic carbocycles. The van der Waals surface area contributed by atoms with Gasteiger partial charge in [0.1, 0.15) is 0 Å². The smallest absolute Gasteiger partial charge is 0.0547 e. The number of hydrogen-bond acceptors (Lipinski definition) is 0. The van der Waals surface area contributed by atoms with Gasteiger partial charge in [0, 0.05) is 76.7 Å². The minimum absolute atomic E-state index is 0.0595. The van der Waals surface area contributed by atoms with Crippen LogP contribution in [0.4, 0.5) is 0 Å². The lowest BCUT2D eigenvalue weighted by molar-refractivity contribution is 0.660. The number of para-hydroxylation sites is 4. The summed E-state index contributed by atoms with van der Waals surface area (Å²) in [4.78, 5) is 0. The number of hydrogen-bond donors (Lipinski definition) is 0. The van der Waals surface area contributed by atoms with Gasteiger partial charge in [0.05, 0.1) is 44.1 Å². The molecule has 0 amide bonds. The summed E-state index contributed by atoms with van der Waals surface area (Å²) in [5.74, 6) is 0. The van der Waals surface area contributed by atoms with Gasteiger partial charge in [0.15, 0.2) is 0 Å². The van der Waals surface area contributed by atoms with Crippen molar-refractivity contribution in [3.05, 3.63) is 386 Å². The molecule has 0 fully saturated rings. The molecule has 0 bridgehead atoms. The van der Waals surface area contributed by atoms with Crippen molar-refractivity contribution in [1.29, 1.82) is 0 Å². The molecule has 20 aromatic rings. The van der Waals surface area contributed by atoms with Crippen molar-refractivity contribution in [3.8, 4) is 89.5 Å².